The third kappa shape index (κ3) is 3.75. The molecular weight excluding hydrogens is 418 g/mol. The van der Waals surface area contributed by atoms with E-state index in [2.05, 4.69) is 31.4 Å². The number of aromatic amines is 1. The van der Waals surface area contributed by atoms with Crippen LogP contribution in [0.25, 0.3) is 22.2 Å². The molecule has 0 saturated carbocycles. The second-order valence-corrected chi connectivity index (χ2v) is 8.33. The first kappa shape index (κ1) is 20.8. The fourth-order valence-corrected chi connectivity index (χ4v) is 4.32. The van der Waals surface area contributed by atoms with Gasteiger partial charge in [0.2, 0.25) is 0 Å². The Kier molecular flexibility index (Phi) is 5.15. The third-order valence-corrected chi connectivity index (χ3v) is 5.95. The lowest BCUT2D eigenvalue weighted by atomic mass is 10.0. The first-order valence-corrected chi connectivity index (χ1v) is 10.7. The fourth-order valence-electron chi connectivity index (χ4n) is 4.32. The van der Waals surface area contributed by atoms with Crippen molar-refractivity contribution in [3.8, 4) is 23.1 Å². The molecule has 4 aromatic rings. The third-order valence-electron chi connectivity index (χ3n) is 5.95. The number of fused-ring (bicyclic) bond motifs is 1. The van der Waals surface area contributed by atoms with Crippen LogP contribution in [-0.2, 0) is 0 Å². The van der Waals surface area contributed by atoms with Gasteiger partial charge in [-0.05, 0) is 50.6 Å². The Morgan fingerprint density at radius 1 is 1.24 bits per heavy atom. The van der Waals surface area contributed by atoms with Crippen LogP contribution in [0.15, 0.2) is 36.7 Å². The summed E-state index contributed by atoms with van der Waals surface area (Å²) in [5.41, 5.74) is 5.64. The normalized spacial score (nSPS) is 14.7. The SMILES string of the molecule is Cc1cnnc(C)c1C(C)Oc1ccc2[nH]nc(-c3cnc(N4CC(O)C4)c(C#N)c3)c2c1. The molecule has 166 valence electrons. The maximum atomic E-state index is 9.65. The number of H-pyrrole nitrogens is 1. The monoisotopic (exact) mass is 441 g/mol. The van der Waals surface area contributed by atoms with Gasteiger partial charge in [0, 0.05) is 35.8 Å². The highest BCUT2D eigenvalue weighted by Crippen LogP contribution is 2.33. The zero-order chi connectivity index (χ0) is 23.1. The topological polar surface area (TPSA) is 124 Å². The van der Waals surface area contributed by atoms with Crippen LogP contribution in [0.4, 0.5) is 5.82 Å². The lowest BCUT2D eigenvalue weighted by molar-refractivity contribution is 0.141. The minimum absolute atomic E-state index is 0.202. The van der Waals surface area contributed by atoms with E-state index >= 15 is 0 Å². The molecule has 5 rings (SSSR count). The minimum Gasteiger partial charge on any atom is -0.486 e. The van der Waals surface area contributed by atoms with Crippen molar-refractivity contribution in [3.63, 3.8) is 0 Å². The van der Waals surface area contributed by atoms with E-state index in [1.165, 1.54) is 0 Å². The summed E-state index contributed by atoms with van der Waals surface area (Å²) >= 11 is 0. The Hall–Kier alpha value is -4.03. The molecule has 9 heteroatoms. The summed E-state index contributed by atoms with van der Waals surface area (Å²) in [6, 6.07) is 9.77. The number of nitrogens with one attached hydrogen (secondary N) is 1. The first-order valence-electron chi connectivity index (χ1n) is 10.7. The molecule has 0 aliphatic carbocycles. The van der Waals surface area contributed by atoms with Crippen molar-refractivity contribution >= 4 is 16.7 Å². The van der Waals surface area contributed by atoms with E-state index in [-0.39, 0.29) is 12.2 Å². The van der Waals surface area contributed by atoms with Gasteiger partial charge < -0.3 is 14.7 Å². The van der Waals surface area contributed by atoms with Crippen molar-refractivity contribution < 1.29 is 9.84 Å². The van der Waals surface area contributed by atoms with Crippen LogP contribution in [0.2, 0.25) is 0 Å². The Morgan fingerprint density at radius 2 is 2.06 bits per heavy atom. The van der Waals surface area contributed by atoms with Crippen LogP contribution in [0.5, 0.6) is 5.75 Å². The number of aryl methyl sites for hydroxylation is 2. The van der Waals surface area contributed by atoms with E-state index in [0.717, 1.165) is 33.3 Å². The molecule has 1 saturated heterocycles. The Bertz CT molecular complexity index is 1370. The highest BCUT2D eigenvalue weighted by Gasteiger charge is 2.28. The minimum atomic E-state index is -0.371. The predicted molar refractivity (Wildman–Crippen MR) is 123 cm³/mol. The van der Waals surface area contributed by atoms with Crippen LogP contribution >= 0.6 is 0 Å². The fraction of sp³-hybridized carbons (Fsp3) is 0.292. The maximum absolute atomic E-state index is 9.65. The summed E-state index contributed by atoms with van der Waals surface area (Å²) in [5, 5.41) is 35.8. The highest BCUT2D eigenvalue weighted by atomic mass is 16.5. The molecular formula is C24H23N7O2. The number of aromatic nitrogens is 5. The van der Waals surface area contributed by atoms with Crippen molar-refractivity contribution in [2.45, 2.75) is 33.0 Å². The molecule has 0 bridgehead atoms. The van der Waals surface area contributed by atoms with Crippen molar-refractivity contribution in [3.05, 3.63) is 59.0 Å². The number of anilines is 1. The Labute approximate surface area is 190 Å². The van der Waals surface area contributed by atoms with Crippen LogP contribution in [0, 0.1) is 25.2 Å². The lowest BCUT2D eigenvalue weighted by Gasteiger charge is -2.37. The van der Waals surface area contributed by atoms with Crippen LogP contribution in [0.1, 0.15) is 35.4 Å². The van der Waals surface area contributed by atoms with Gasteiger partial charge in [0.05, 0.1) is 29.1 Å². The first-order chi connectivity index (χ1) is 15.9. The molecule has 33 heavy (non-hydrogen) atoms. The summed E-state index contributed by atoms with van der Waals surface area (Å²) in [4.78, 5) is 6.38. The van der Waals surface area contributed by atoms with Crippen molar-refractivity contribution in [2.24, 2.45) is 0 Å². The molecule has 1 fully saturated rings. The van der Waals surface area contributed by atoms with Gasteiger partial charge in [0.1, 0.15) is 29.4 Å². The molecule has 0 spiro atoms. The van der Waals surface area contributed by atoms with E-state index in [1.54, 1.807) is 18.5 Å². The summed E-state index contributed by atoms with van der Waals surface area (Å²) in [6.45, 7) is 6.88. The van der Waals surface area contributed by atoms with Crippen molar-refractivity contribution in [2.75, 3.05) is 18.0 Å². The van der Waals surface area contributed by atoms with Crippen molar-refractivity contribution in [1.82, 2.24) is 25.4 Å². The average Bonchev–Trinajstić information content (AvgIpc) is 3.20. The van der Waals surface area contributed by atoms with Gasteiger partial charge >= 0.3 is 0 Å². The standard InChI is InChI=1S/C24H23N7O2/c1-13-9-27-28-14(2)22(13)15(3)33-19-4-5-21-20(7-19)23(30-29-21)17-6-16(8-25)24(26-10-17)31-11-18(32)12-31/h4-7,9-10,15,18,32H,11-12H2,1-3H3,(H,29,30). The average molecular weight is 441 g/mol. The molecule has 4 heterocycles. The lowest BCUT2D eigenvalue weighted by Crippen LogP contribution is -2.51. The van der Waals surface area contributed by atoms with E-state index in [9.17, 15) is 10.4 Å². The maximum Gasteiger partial charge on any atom is 0.146 e. The zero-order valence-corrected chi connectivity index (χ0v) is 18.6. The molecule has 1 atom stereocenters. The summed E-state index contributed by atoms with van der Waals surface area (Å²) in [7, 11) is 0. The number of benzene rings is 1. The quantitative estimate of drug-likeness (QED) is 0.484. The summed E-state index contributed by atoms with van der Waals surface area (Å²) in [5.74, 6) is 1.29. The number of rotatable bonds is 5. The number of ether oxygens (including phenoxy) is 1. The van der Waals surface area contributed by atoms with Crippen LogP contribution in [0.3, 0.4) is 0 Å². The molecule has 3 aromatic heterocycles. The van der Waals surface area contributed by atoms with Crippen LogP contribution in [-0.4, -0.2) is 49.7 Å². The van der Waals surface area contributed by atoms with E-state index in [4.69, 9.17) is 4.74 Å². The molecule has 1 aliphatic heterocycles. The molecule has 2 N–H and O–H groups in total. The Balaban J connectivity index is 1.47. The van der Waals surface area contributed by atoms with E-state index in [1.807, 2.05) is 43.9 Å². The van der Waals surface area contributed by atoms with Crippen molar-refractivity contribution in [1.29, 1.82) is 5.26 Å². The second-order valence-electron chi connectivity index (χ2n) is 8.33. The smallest absolute Gasteiger partial charge is 0.146 e. The zero-order valence-electron chi connectivity index (χ0n) is 18.6. The number of aliphatic hydroxyl groups excluding tert-OH is 1. The number of aliphatic hydroxyl groups is 1. The molecule has 0 amide bonds. The van der Waals surface area contributed by atoms with Gasteiger partial charge in [-0.2, -0.15) is 20.6 Å². The summed E-state index contributed by atoms with van der Waals surface area (Å²) < 4.78 is 6.25. The number of hydrogen-bond donors (Lipinski definition) is 2. The van der Waals surface area contributed by atoms with E-state index in [0.29, 0.717) is 35.9 Å². The van der Waals surface area contributed by atoms with Gasteiger partial charge in [-0.15, -0.1) is 0 Å². The van der Waals surface area contributed by atoms with Gasteiger partial charge in [0.25, 0.3) is 0 Å². The van der Waals surface area contributed by atoms with Gasteiger partial charge in [0.15, 0.2) is 0 Å². The molecule has 1 unspecified atom stereocenters. The number of hydrogen-bond acceptors (Lipinski definition) is 8. The second kappa shape index (κ2) is 8.15. The van der Waals surface area contributed by atoms with Gasteiger partial charge in [-0.25, -0.2) is 4.98 Å². The molecule has 9 nitrogen and oxygen atoms in total. The largest absolute Gasteiger partial charge is 0.486 e. The number of nitrogens with zero attached hydrogens (tertiary/aromatic N) is 6. The number of β-amino-alcohol motifs (C(OH)–C–C–N with tert-alkyl or cyclic N) is 1. The molecule has 0 radical (unpaired) electrons. The Morgan fingerprint density at radius 3 is 2.79 bits per heavy atom. The van der Waals surface area contributed by atoms with Gasteiger partial charge in [-0.3, -0.25) is 5.10 Å². The number of nitriles is 1. The highest BCUT2D eigenvalue weighted by molar-refractivity contribution is 5.94. The predicted octanol–water partition coefficient (Wildman–Crippen LogP) is 3.22. The van der Waals surface area contributed by atoms with Gasteiger partial charge in [-0.1, -0.05) is 0 Å². The number of pyridine rings is 1. The van der Waals surface area contributed by atoms with E-state index < -0.39 is 0 Å². The molecule has 1 aliphatic rings. The van der Waals surface area contributed by atoms with Crippen LogP contribution < -0.4 is 9.64 Å². The molecule has 1 aromatic carbocycles. The summed E-state index contributed by atoms with van der Waals surface area (Å²) in [6.07, 6.45) is 2.88.